The van der Waals surface area contributed by atoms with Crippen molar-refractivity contribution in [3.8, 4) is 5.75 Å². The molecule has 2 aromatic carbocycles. The smallest absolute Gasteiger partial charge is 0.251 e. The van der Waals surface area contributed by atoms with Crippen molar-refractivity contribution in [3.63, 3.8) is 0 Å². The number of nitrogens with one attached hydrogen (secondary N) is 1. The summed E-state index contributed by atoms with van der Waals surface area (Å²) >= 11 is 0. The van der Waals surface area contributed by atoms with Crippen molar-refractivity contribution in [1.82, 2.24) is 9.62 Å². The second-order valence-corrected chi connectivity index (χ2v) is 9.20. The van der Waals surface area contributed by atoms with E-state index in [1.807, 2.05) is 31.2 Å². The Morgan fingerprint density at radius 3 is 2.38 bits per heavy atom. The normalized spacial score (nSPS) is 15.5. The first kappa shape index (κ1) is 21.3. The van der Waals surface area contributed by atoms with Gasteiger partial charge in [-0.1, -0.05) is 25.0 Å². The van der Waals surface area contributed by atoms with Crippen LogP contribution in [-0.4, -0.2) is 44.9 Å². The van der Waals surface area contributed by atoms with Crippen molar-refractivity contribution >= 4 is 15.9 Å². The van der Waals surface area contributed by atoms with Crippen LogP contribution in [0.1, 0.15) is 41.6 Å². The molecular formula is C22H28N2O4S. The first-order valence-corrected chi connectivity index (χ1v) is 11.5. The summed E-state index contributed by atoms with van der Waals surface area (Å²) in [5, 5.41) is 2.79. The molecule has 3 rings (SSSR count). The molecule has 1 heterocycles. The molecule has 0 aromatic heterocycles. The molecule has 0 aliphatic carbocycles. The lowest BCUT2D eigenvalue weighted by Gasteiger charge is -2.20. The summed E-state index contributed by atoms with van der Waals surface area (Å²) < 4.78 is 32.8. The topological polar surface area (TPSA) is 75.7 Å². The quantitative estimate of drug-likeness (QED) is 0.702. The highest BCUT2D eigenvalue weighted by Crippen LogP contribution is 2.20. The number of carbonyl (C=O) groups is 1. The van der Waals surface area contributed by atoms with E-state index in [2.05, 4.69) is 5.32 Å². The second-order valence-electron chi connectivity index (χ2n) is 7.26. The van der Waals surface area contributed by atoms with E-state index < -0.39 is 10.0 Å². The van der Waals surface area contributed by atoms with Crippen molar-refractivity contribution in [2.75, 3.05) is 26.2 Å². The first-order chi connectivity index (χ1) is 14.0. The highest BCUT2D eigenvalue weighted by atomic mass is 32.2. The fraction of sp³-hybridized carbons (Fsp3) is 0.409. The molecule has 1 aliphatic rings. The molecule has 0 unspecified atom stereocenters. The summed E-state index contributed by atoms with van der Waals surface area (Å²) in [6.45, 7) is 3.83. The van der Waals surface area contributed by atoms with Gasteiger partial charge in [-0.25, -0.2) is 8.42 Å². The monoisotopic (exact) mass is 416 g/mol. The summed E-state index contributed by atoms with van der Waals surface area (Å²) in [6.07, 6.45) is 3.92. The predicted octanol–water partition coefficient (Wildman–Crippen LogP) is 3.37. The van der Waals surface area contributed by atoms with Crippen molar-refractivity contribution < 1.29 is 17.9 Å². The Balaban J connectivity index is 1.53. The van der Waals surface area contributed by atoms with Gasteiger partial charge < -0.3 is 10.1 Å². The maximum absolute atomic E-state index is 12.8. The number of benzene rings is 2. The number of sulfonamides is 1. The van der Waals surface area contributed by atoms with Crippen LogP contribution in [0.4, 0.5) is 0 Å². The Morgan fingerprint density at radius 1 is 1.03 bits per heavy atom. The van der Waals surface area contributed by atoms with Crippen LogP contribution in [0.3, 0.4) is 0 Å². The lowest BCUT2D eigenvalue weighted by atomic mass is 10.2. The zero-order valence-electron chi connectivity index (χ0n) is 16.8. The van der Waals surface area contributed by atoms with Gasteiger partial charge in [0.25, 0.3) is 5.91 Å². The van der Waals surface area contributed by atoms with Gasteiger partial charge in [0, 0.05) is 18.7 Å². The molecule has 7 heteroatoms. The van der Waals surface area contributed by atoms with Gasteiger partial charge in [-0.15, -0.1) is 0 Å². The summed E-state index contributed by atoms with van der Waals surface area (Å²) in [6, 6.07) is 13.9. The third kappa shape index (κ3) is 5.81. The molecule has 1 amide bonds. The van der Waals surface area contributed by atoms with Crippen LogP contribution in [0.5, 0.6) is 5.75 Å². The van der Waals surface area contributed by atoms with E-state index in [-0.39, 0.29) is 10.8 Å². The molecule has 0 spiro atoms. The van der Waals surface area contributed by atoms with Crippen molar-refractivity contribution in [2.24, 2.45) is 0 Å². The molecule has 6 nitrogen and oxygen atoms in total. The highest BCUT2D eigenvalue weighted by Gasteiger charge is 2.25. The van der Waals surface area contributed by atoms with Crippen LogP contribution in [0.25, 0.3) is 0 Å². The van der Waals surface area contributed by atoms with Gasteiger partial charge in [0.15, 0.2) is 0 Å². The maximum atomic E-state index is 12.8. The summed E-state index contributed by atoms with van der Waals surface area (Å²) in [4.78, 5) is 12.5. The molecule has 1 aliphatic heterocycles. The fourth-order valence-electron chi connectivity index (χ4n) is 3.35. The largest absolute Gasteiger partial charge is 0.492 e. The second kappa shape index (κ2) is 9.89. The van der Waals surface area contributed by atoms with E-state index in [1.54, 1.807) is 16.4 Å². The third-order valence-electron chi connectivity index (χ3n) is 4.97. The number of nitrogens with zero attached hydrogens (tertiary/aromatic N) is 1. The van der Waals surface area contributed by atoms with Gasteiger partial charge in [-0.2, -0.15) is 4.31 Å². The Bertz CT molecular complexity index is 918. The molecule has 156 valence electrons. The van der Waals surface area contributed by atoms with Crippen LogP contribution in [0.15, 0.2) is 53.4 Å². The van der Waals surface area contributed by atoms with Gasteiger partial charge in [-0.05, 0) is 61.7 Å². The minimum absolute atomic E-state index is 0.235. The molecule has 0 bridgehead atoms. The van der Waals surface area contributed by atoms with E-state index in [4.69, 9.17) is 4.74 Å². The number of aryl methyl sites for hydroxylation is 1. The van der Waals surface area contributed by atoms with Gasteiger partial charge in [0.05, 0.1) is 11.4 Å². The Labute approximate surface area is 172 Å². The number of hydrogen-bond acceptors (Lipinski definition) is 4. The third-order valence-corrected chi connectivity index (χ3v) is 6.88. The van der Waals surface area contributed by atoms with Gasteiger partial charge in [0.1, 0.15) is 12.4 Å². The Hall–Kier alpha value is -2.38. The van der Waals surface area contributed by atoms with Crippen molar-refractivity contribution in [3.05, 3.63) is 59.7 Å². The van der Waals surface area contributed by atoms with E-state index in [0.29, 0.717) is 31.8 Å². The van der Waals surface area contributed by atoms with E-state index in [1.165, 1.54) is 12.1 Å². The van der Waals surface area contributed by atoms with Gasteiger partial charge in [0.2, 0.25) is 10.0 Å². The molecule has 1 fully saturated rings. The van der Waals surface area contributed by atoms with Crippen LogP contribution < -0.4 is 10.1 Å². The number of hydrogen-bond donors (Lipinski definition) is 1. The Morgan fingerprint density at radius 2 is 1.72 bits per heavy atom. The van der Waals surface area contributed by atoms with E-state index >= 15 is 0 Å². The average Bonchev–Trinajstić information content (AvgIpc) is 3.01. The minimum Gasteiger partial charge on any atom is -0.492 e. The Kier molecular flexibility index (Phi) is 7.28. The maximum Gasteiger partial charge on any atom is 0.251 e. The predicted molar refractivity (Wildman–Crippen MR) is 113 cm³/mol. The molecule has 2 aromatic rings. The molecule has 0 radical (unpaired) electrons. The molecule has 1 N–H and O–H groups in total. The zero-order valence-corrected chi connectivity index (χ0v) is 17.6. The lowest BCUT2D eigenvalue weighted by molar-refractivity contribution is 0.0947. The summed E-state index contributed by atoms with van der Waals surface area (Å²) in [5.74, 6) is 0.513. The van der Waals surface area contributed by atoms with Crippen molar-refractivity contribution in [2.45, 2.75) is 37.5 Å². The van der Waals surface area contributed by atoms with Gasteiger partial charge in [-0.3, -0.25) is 4.79 Å². The van der Waals surface area contributed by atoms with Crippen LogP contribution in [-0.2, 0) is 10.0 Å². The standard InChI is InChI=1S/C22H28N2O4S/c1-18-7-6-8-20(17-18)28-16-13-23-22(25)19-9-11-21(12-10-19)29(26,27)24-14-4-2-3-5-15-24/h6-12,17H,2-5,13-16H2,1H3,(H,23,25). The molecular weight excluding hydrogens is 388 g/mol. The van der Waals surface area contributed by atoms with E-state index in [9.17, 15) is 13.2 Å². The van der Waals surface area contributed by atoms with Gasteiger partial charge >= 0.3 is 0 Å². The molecule has 29 heavy (non-hydrogen) atoms. The first-order valence-electron chi connectivity index (χ1n) is 10.0. The summed E-state index contributed by atoms with van der Waals surface area (Å²) in [7, 11) is -3.50. The van der Waals surface area contributed by atoms with Crippen LogP contribution >= 0.6 is 0 Å². The van der Waals surface area contributed by atoms with Crippen LogP contribution in [0.2, 0.25) is 0 Å². The molecule has 0 saturated carbocycles. The lowest BCUT2D eigenvalue weighted by Crippen LogP contribution is -2.32. The fourth-order valence-corrected chi connectivity index (χ4v) is 4.87. The zero-order chi connectivity index (χ0) is 20.7. The number of ether oxygens (including phenoxy) is 1. The minimum atomic E-state index is -3.50. The number of amides is 1. The van der Waals surface area contributed by atoms with E-state index in [0.717, 1.165) is 37.0 Å². The molecule has 1 saturated heterocycles. The average molecular weight is 417 g/mol. The molecule has 0 atom stereocenters. The number of carbonyl (C=O) groups excluding carboxylic acids is 1. The van der Waals surface area contributed by atoms with Crippen molar-refractivity contribution in [1.29, 1.82) is 0 Å². The van der Waals surface area contributed by atoms with Crippen LogP contribution in [0, 0.1) is 6.92 Å². The highest BCUT2D eigenvalue weighted by molar-refractivity contribution is 7.89. The summed E-state index contributed by atoms with van der Waals surface area (Å²) in [5.41, 5.74) is 1.54. The number of rotatable bonds is 7. The SMILES string of the molecule is Cc1cccc(OCCNC(=O)c2ccc(S(=O)(=O)N3CCCCCC3)cc2)c1.